The van der Waals surface area contributed by atoms with E-state index in [1.807, 2.05) is 6.07 Å². The molecule has 2 aromatic rings. The molecular formula is C8H7N2O. The van der Waals surface area contributed by atoms with Gasteiger partial charge in [0.15, 0.2) is 5.58 Å². The lowest BCUT2D eigenvalue weighted by atomic mass is 10.3. The highest BCUT2D eigenvalue weighted by Crippen LogP contribution is 2.13. The second-order valence-electron chi connectivity index (χ2n) is 2.21. The van der Waals surface area contributed by atoms with Crippen molar-refractivity contribution in [3.05, 3.63) is 30.2 Å². The number of rotatable bonds is 1. The minimum atomic E-state index is 0.342. The monoisotopic (exact) mass is 147 g/mol. The molecule has 0 bridgehead atoms. The number of fused-ring (bicyclic) bond motifs is 1. The van der Waals surface area contributed by atoms with Crippen molar-refractivity contribution in [2.24, 2.45) is 5.73 Å². The van der Waals surface area contributed by atoms with Gasteiger partial charge in [-0.2, -0.15) is 0 Å². The Hall–Kier alpha value is -1.35. The number of nitrogens with two attached hydrogens (primary N) is 1. The molecule has 0 atom stereocenters. The van der Waals surface area contributed by atoms with Crippen LogP contribution in [0.5, 0.6) is 0 Å². The normalized spacial score (nSPS) is 10.6. The van der Waals surface area contributed by atoms with Gasteiger partial charge in [0.2, 0.25) is 5.89 Å². The third-order valence-electron chi connectivity index (χ3n) is 1.45. The van der Waals surface area contributed by atoms with Crippen LogP contribution in [-0.4, -0.2) is 4.98 Å². The summed E-state index contributed by atoms with van der Waals surface area (Å²) >= 11 is 0. The van der Waals surface area contributed by atoms with Crippen LogP contribution in [0.2, 0.25) is 0 Å². The fourth-order valence-corrected chi connectivity index (χ4v) is 0.952. The van der Waals surface area contributed by atoms with Crippen LogP contribution in [0.3, 0.4) is 0 Å². The minimum absolute atomic E-state index is 0.342. The quantitative estimate of drug-likeness (QED) is 0.656. The van der Waals surface area contributed by atoms with Crippen LogP contribution in [0.25, 0.3) is 11.1 Å². The lowest BCUT2D eigenvalue weighted by molar-refractivity contribution is 0.533. The second-order valence-corrected chi connectivity index (χ2v) is 2.21. The largest absolute Gasteiger partial charge is 0.439 e. The Morgan fingerprint density at radius 1 is 1.64 bits per heavy atom. The minimum Gasteiger partial charge on any atom is -0.439 e. The summed E-state index contributed by atoms with van der Waals surface area (Å²) in [5, 5.41) is 0. The van der Waals surface area contributed by atoms with Crippen LogP contribution in [0.15, 0.2) is 22.6 Å². The number of hydrogen-bond donors (Lipinski definition) is 1. The fourth-order valence-electron chi connectivity index (χ4n) is 0.952. The highest BCUT2D eigenvalue weighted by molar-refractivity contribution is 5.71. The third-order valence-corrected chi connectivity index (χ3v) is 1.45. The summed E-state index contributed by atoms with van der Waals surface area (Å²) in [5.41, 5.74) is 6.93. The van der Waals surface area contributed by atoms with Crippen LogP contribution < -0.4 is 5.73 Å². The van der Waals surface area contributed by atoms with Crippen molar-refractivity contribution in [1.82, 2.24) is 4.98 Å². The molecule has 1 aromatic heterocycles. The van der Waals surface area contributed by atoms with Gasteiger partial charge in [-0.15, -0.1) is 0 Å². The maximum absolute atomic E-state index is 5.35. The van der Waals surface area contributed by atoms with Crippen molar-refractivity contribution < 1.29 is 4.42 Å². The number of benzene rings is 1. The van der Waals surface area contributed by atoms with E-state index in [9.17, 15) is 0 Å². The van der Waals surface area contributed by atoms with E-state index in [1.54, 1.807) is 12.1 Å². The standard InChI is InChI=1S/C8H7N2O/c9-5-8-10-6-3-1-2-4-7(6)11-8/h2-4H,5,9H2. The molecule has 0 fully saturated rings. The average Bonchev–Trinajstić information content (AvgIpc) is 2.46. The predicted octanol–water partition coefficient (Wildman–Crippen LogP) is 1.09. The van der Waals surface area contributed by atoms with E-state index >= 15 is 0 Å². The van der Waals surface area contributed by atoms with Gasteiger partial charge in [-0.1, -0.05) is 6.07 Å². The van der Waals surface area contributed by atoms with Crippen molar-refractivity contribution in [3.63, 3.8) is 0 Å². The molecule has 0 unspecified atom stereocenters. The Kier molecular flexibility index (Phi) is 1.36. The van der Waals surface area contributed by atoms with Crippen LogP contribution in [0, 0.1) is 6.07 Å². The highest BCUT2D eigenvalue weighted by Gasteiger charge is 2.00. The maximum Gasteiger partial charge on any atom is 0.209 e. The van der Waals surface area contributed by atoms with Crippen LogP contribution in [-0.2, 0) is 6.54 Å². The Morgan fingerprint density at radius 2 is 2.55 bits per heavy atom. The third kappa shape index (κ3) is 0.991. The van der Waals surface area contributed by atoms with Crippen molar-refractivity contribution in [3.8, 4) is 0 Å². The molecule has 3 heteroatoms. The Morgan fingerprint density at radius 3 is 3.27 bits per heavy atom. The van der Waals surface area contributed by atoms with Gasteiger partial charge < -0.3 is 10.2 Å². The number of hydrogen-bond acceptors (Lipinski definition) is 3. The number of nitrogens with zero attached hydrogens (tertiary/aromatic N) is 1. The summed E-state index contributed by atoms with van der Waals surface area (Å²) < 4.78 is 5.26. The molecule has 2 N–H and O–H groups in total. The summed E-state index contributed by atoms with van der Waals surface area (Å²) in [6, 6.07) is 8.29. The molecule has 55 valence electrons. The maximum atomic E-state index is 5.35. The molecule has 1 aromatic carbocycles. The molecule has 0 saturated carbocycles. The van der Waals surface area contributed by atoms with Gasteiger partial charge in [0.25, 0.3) is 0 Å². The molecule has 0 aliphatic carbocycles. The molecule has 2 rings (SSSR count). The van der Waals surface area contributed by atoms with E-state index in [1.165, 1.54) is 0 Å². The van der Waals surface area contributed by atoms with Gasteiger partial charge >= 0.3 is 0 Å². The van der Waals surface area contributed by atoms with Gasteiger partial charge in [0.1, 0.15) is 5.52 Å². The van der Waals surface area contributed by atoms with Crippen LogP contribution >= 0.6 is 0 Å². The number of oxazole rings is 1. The van der Waals surface area contributed by atoms with Crippen molar-refractivity contribution in [2.45, 2.75) is 6.54 Å². The Balaban J connectivity index is 2.69. The molecule has 0 saturated heterocycles. The topological polar surface area (TPSA) is 52.0 Å². The van der Waals surface area contributed by atoms with Gasteiger partial charge in [0, 0.05) is 0 Å². The molecule has 0 spiro atoms. The Labute approximate surface area is 63.8 Å². The highest BCUT2D eigenvalue weighted by atomic mass is 16.3. The zero-order valence-corrected chi connectivity index (χ0v) is 5.87. The van der Waals surface area contributed by atoms with E-state index in [4.69, 9.17) is 10.2 Å². The van der Waals surface area contributed by atoms with Crippen molar-refractivity contribution >= 4 is 11.1 Å². The summed E-state index contributed by atoms with van der Waals surface area (Å²) in [4.78, 5) is 4.11. The summed E-state index contributed by atoms with van der Waals surface area (Å²) in [6.45, 7) is 0.342. The van der Waals surface area contributed by atoms with Crippen molar-refractivity contribution in [1.29, 1.82) is 0 Å². The molecular weight excluding hydrogens is 140 g/mol. The first-order valence-electron chi connectivity index (χ1n) is 3.36. The Bertz CT molecular complexity index is 334. The van der Waals surface area contributed by atoms with E-state index in [0.717, 1.165) is 11.1 Å². The fraction of sp³-hybridized carbons (Fsp3) is 0.125. The van der Waals surface area contributed by atoms with Crippen LogP contribution in [0.1, 0.15) is 5.89 Å². The summed E-state index contributed by atoms with van der Waals surface area (Å²) in [5.74, 6) is 0.569. The summed E-state index contributed by atoms with van der Waals surface area (Å²) in [7, 11) is 0. The summed E-state index contributed by atoms with van der Waals surface area (Å²) in [6.07, 6.45) is 0. The lowest BCUT2D eigenvalue weighted by Gasteiger charge is -1.80. The molecule has 0 amide bonds. The van der Waals surface area contributed by atoms with Gasteiger partial charge in [-0.05, 0) is 18.2 Å². The lowest BCUT2D eigenvalue weighted by Crippen LogP contribution is -1.94. The average molecular weight is 147 g/mol. The van der Waals surface area contributed by atoms with Gasteiger partial charge in [0.05, 0.1) is 6.54 Å². The second kappa shape index (κ2) is 2.36. The molecule has 0 aliphatic heterocycles. The predicted molar refractivity (Wildman–Crippen MR) is 40.7 cm³/mol. The first-order chi connectivity index (χ1) is 5.40. The van der Waals surface area contributed by atoms with E-state index in [2.05, 4.69) is 11.1 Å². The van der Waals surface area contributed by atoms with E-state index < -0.39 is 0 Å². The molecule has 0 aliphatic rings. The molecule has 11 heavy (non-hydrogen) atoms. The van der Waals surface area contributed by atoms with E-state index in [-0.39, 0.29) is 0 Å². The molecule has 1 radical (unpaired) electrons. The molecule has 3 nitrogen and oxygen atoms in total. The smallest absolute Gasteiger partial charge is 0.209 e. The molecule has 1 heterocycles. The zero-order chi connectivity index (χ0) is 7.68. The first kappa shape index (κ1) is 6.37. The first-order valence-corrected chi connectivity index (χ1v) is 3.36. The van der Waals surface area contributed by atoms with E-state index in [0.29, 0.717) is 12.4 Å². The SMILES string of the molecule is NCc1nc2c[c]ccc2o1. The van der Waals surface area contributed by atoms with Gasteiger partial charge in [-0.25, -0.2) is 4.98 Å². The number of aromatic nitrogens is 1. The zero-order valence-electron chi connectivity index (χ0n) is 5.87. The van der Waals surface area contributed by atoms with Crippen LogP contribution in [0.4, 0.5) is 0 Å². The van der Waals surface area contributed by atoms with Crippen molar-refractivity contribution in [2.75, 3.05) is 0 Å². The van der Waals surface area contributed by atoms with Gasteiger partial charge in [-0.3, -0.25) is 0 Å².